The van der Waals surface area contributed by atoms with Crippen LogP contribution in [0.2, 0.25) is 0 Å². The predicted octanol–water partition coefficient (Wildman–Crippen LogP) is 3.21. The van der Waals surface area contributed by atoms with Crippen LogP contribution in [0, 0.1) is 5.92 Å². The molecule has 0 saturated heterocycles. The van der Waals surface area contributed by atoms with E-state index in [1.165, 1.54) is 12.8 Å². The zero-order valence-corrected chi connectivity index (χ0v) is 12.4. The smallest absolute Gasteiger partial charge is 0.124 e. The fourth-order valence-corrected chi connectivity index (χ4v) is 2.53. The molecule has 1 saturated carbocycles. The van der Waals surface area contributed by atoms with E-state index in [0.717, 1.165) is 41.7 Å². The molecule has 3 rings (SSSR count). The van der Waals surface area contributed by atoms with E-state index in [0.29, 0.717) is 12.5 Å². The summed E-state index contributed by atoms with van der Waals surface area (Å²) in [5.41, 5.74) is 2.00. The molecular formula is C15H19ClN2O2. The summed E-state index contributed by atoms with van der Waals surface area (Å²) in [7, 11) is 1.67. The highest BCUT2D eigenvalue weighted by molar-refractivity contribution is 6.16. The number of fused-ring (bicyclic) bond motifs is 1. The third-order valence-corrected chi connectivity index (χ3v) is 3.90. The van der Waals surface area contributed by atoms with E-state index >= 15 is 0 Å². The molecule has 0 spiro atoms. The Morgan fingerprint density at radius 1 is 1.40 bits per heavy atom. The summed E-state index contributed by atoms with van der Waals surface area (Å²) in [6.45, 7) is 2.35. The van der Waals surface area contributed by atoms with Gasteiger partial charge in [-0.1, -0.05) is 0 Å². The Hall–Kier alpha value is -1.26. The Morgan fingerprint density at radius 3 is 2.95 bits per heavy atom. The number of methoxy groups -OCH3 is 1. The fraction of sp³-hybridized carbons (Fsp3) is 0.533. The first kappa shape index (κ1) is 13.7. The molecule has 1 aliphatic rings. The van der Waals surface area contributed by atoms with Gasteiger partial charge in [0, 0.05) is 19.2 Å². The number of imidazole rings is 1. The largest absolute Gasteiger partial charge is 0.497 e. The number of hydrogen-bond acceptors (Lipinski definition) is 3. The van der Waals surface area contributed by atoms with Gasteiger partial charge in [-0.2, -0.15) is 0 Å². The van der Waals surface area contributed by atoms with Crippen molar-refractivity contribution in [2.75, 3.05) is 20.3 Å². The summed E-state index contributed by atoms with van der Waals surface area (Å²) in [5.74, 6) is 2.91. The van der Waals surface area contributed by atoms with E-state index in [1.807, 2.05) is 18.2 Å². The molecule has 20 heavy (non-hydrogen) atoms. The first-order valence-corrected chi connectivity index (χ1v) is 7.52. The van der Waals surface area contributed by atoms with E-state index in [9.17, 15) is 0 Å². The molecular weight excluding hydrogens is 276 g/mol. The molecule has 1 heterocycles. The van der Waals surface area contributed by atoms with Gasteiger partial charge in [-0.15, -0.1) is 11.6 Å². The molecule has 0 atom stereocenters. The minimum atomic E-state index is 0.402. The van der Waals surface area contributed by atoms with Crippen molar-refractivity contribution in [1.82, 2.24) is 9.55 Å². The molecule has 5 heteroatoms. The molecule has 0 N–H and O–H groups in total. The van der Waals surface area contributed by atoms with Crippen LogP contribution >= 0.6 is 11.6 Å². The maximum atomic E-state index is 6.00. The standard InChI is InChI=1S/C15H19ClN2O2/c1-19-12-4-5-13-14(8-12)18(15(9-16)17-13)6-7-20-10-11-2-3-11/h4-5,8,11H,2-3,6-7,9-10H2,1H3. The predicted molar refractivity (Wildman–Crippen MR) is 79.4 cm³/mol. The topological polar surface area (TPSA) is 36.3 Å². The van der Waals surface area contributed by atoms with Crippen molar-refractivity contribution >= 4 is 22.6 Å². The second-order valence-corrected chi connectivity index (χ2v) is 5.45. The van der Waals surface area contributed by atoms with Gasteiger partial charge in [-0.25, -0.2) is 4.98 Å². The molecule has 108 valence electrons. The second-order valence-electron chi connectivity index (χ2n) is 5.19. The number of benzene rings is 1. The van der Waals surface area contributed by atoms with Crippen molar-refractivity contribution in [2.24, 2.45) is 5.92 Å². The highest BCUT2D eigenvalue weighted by Crippen LogP contribution is 2.29. The van der Waals surface area contributed by atoms with E-state index < -0.39 is 0 Å². The maximum absolute atomic E-state index is 6.00. The van der Waals surface area contributed by atoms with Crippen LogP contribution in [0.3, 0.4) is 0 Å². The monoisotopic (exact) mass is 294 g/mol. The molecule has 0 bridgehead atoms. The lowest BCUT2D eigenvalue weighted by molar-refractivity contribution is 0.117. The lowest BCUT2D eigenvalue weighted by Gasteiger charge is -2.09. The van der Waals surface area contributed by atoms with Crippen LogP contribution in [0.15, 0.2) is 18.2 Å². The van der Waals surface area contributed by atoms with Crippen molar-refractivity contribution in [2.45, 2.75) is 25.3 Å². The van der Waals surface area contributed by atoms with Crippen molar-refractivity contribution in [3.63, 3.8) is 0 Å². The summed E-state index contributed by atoms with van der Waals surface area (Å²) in [5, 5.41) is 0. The van der Waals surface area contributed by atoms with E-state index in [1.54, 1.807) is 7.11 Å². The molecule has 1 aromatic carbocycles. The second kappa shape index (κ2) is 6.02. The minimum Gasteiger partial charge on any atom is -0.497 e. The molecule has 0 radical (unpaired) electrons. The number of alkyl halides is 1. The Labute approximate surface area is 123 Å². The quantitative estimate of drug-likeness (QED) is 0.581. The molecule has 2 aromatic rings. The lowest BCUT2D eigenvalue weighted by atomic mass is 10.3. The molecule has 4 nitrogen and oxygen atoms in total. The molecule has 0 amide bonds. The lowest BCUT2D eigenvalue weighted by Crippen LogP contribution is -2.10. The van der Waals surface area contributed by atoms with Gasteiger partial charge in [-0.05, 0) is 30.9 Å². The van der Waals surface area contributed by atoms with Gasteiger partial charge < -0.3 is 14.0 Å². The Balaban J connectivity index is 1.77. The van der Waals surface area contributed by atoms with Crippen molar-refractivity contribution in [3.8, 4) is 5.75 Å². The van der Waals surface area contributed by atoms with Crippen molar-refractivity contribution in [1.29, 1.82) is 0 Å². The average Bonchev–Trinajstić information content (AvgIpc) is 3.24. The highest BCUT2D eigenvalue weighted by atomic mass is 35.5. The van der Waals surface area contributed by atoms with E-state index in [-0.39, 0.29) is 0 Å². The third-order valence-electron chi connectivity index (χ3n) is 3.66. The van der Waals surface area contributed by atoms with Gasteiger partial charge in [-0.3, -0.25) is 0 Å². The SMILES string of the molecule is COc1ccc2nc(CCl)n(CCOCC3CC3)c2c1. The molecule has 0 unspecified atom stereocenters. The van der Waals surface area contributed by atoms with Gasteiger partial charge in [0.15, 0.2) is 0 Å². The zero-order chi connectivity index (χ0) is 13.9. The van der Waals surface area contributed by atoms with Gasteiger partial charge in [0.2, 0.25) is 0 Å². The molecule has 1 aliphatic carbocycles. The van der Waals surface area contributed by atoms with Crippen LogP contribution in [0.4, 0.5) is 0 Å². The van der Waals surface area contributed by atoms with Crippen LogP contribution < -0.4 is 4.74 Å². The number of hydrogen-bond donors (Lipinski definition) is 0. The Kier molecular flexibility index (Phi) is 4.13. The van der Waals surface area contributed by atoms with Gasteiger partial charge >= 0.3 is 0 Å². The summed E-state index contributed by atoms with van der Waals surface area (Å²) < 4.78 is 13.1. The minimum absolute atomic E-state index is 0.402. The van der Waals surface area contributed by atoms with Crippen LogP contribution in [-0.2, 0) is 17.2 Å². The number of aromatic nitrogens is 2. The molecule has 1 fully saturated rings. The number of nitrogens with zero attached hydrogens (tertiary/aromatic N) is 2. The molecule has 1 aromatic heterocycles. The van der Waals surface area contributed by atoms with Gasteiger partial charge in [0.25, 0.3) is 0 Å². The number of halogens is 1. The van der Waals surface area contributed by atoms with E-state index in [2.05, 4.69) is 9.55 Å². The fourth-order valence-electron chi connectivity index (χ4n) is 2.32. The summed E-state index contributed by atoms with van der Waals surface area (Å²) in [6, 6.07) is 5.88. The zero-order valence-electron chi connectivity index (χ0n) is 11.6. The van der Waals surface area contributed by atoms with Crippen LogP contribution in [-0.4, -0.2) is 29.9 Å². The first-order valence-electron chi connectivity index (χ1n) is 6.98. The Bertz CT molecular complexity index is 593. The third kappa shape index (κ3) is 2.91. The van der Waals surface area contributed by atoms with E-state index in [4.69, 9.17) is 21.1 Å². The van der Waals surface area contributed by atoms with Crippen LogP contribution in [0.5, 0.6) is 5.75 Å². The highest BCUT2D eigenvalue weighted by Gasteiger charge is 2.21. The summed E-state index contributed by atoms with van der Waals surface area (Å²) in [6.07, 6.45) is 2.64. The van der Waals surface area contributed by atoms with Gasteiger partial charge in [0.1, 0.15) is 11.6 Å². The van der Waals surface area contributed by atoms with Crippen LogP contribution in [0.1, 0.15) is 18.7 Å². The van der Waals surface area contributed by atoms with Crippen molar-refractivity contribution < 1.29 is 9.47 Å². The first-order chi connectivity index (χ1) is 9.81. The van der Waals surface area contributed by atoms with Gasteiger partial charge in [0.05, 0.1) is 30.6 Å². The maximum Gasteiger partial charge on any atom is 0.124 e. The van der Waals surface area contributed by atoms with Crippen LogP contribution in [0.25, 0.3) is 11.0 Å². The number of rotatable bonds is 7. The molecule has 0 aliphatic heterocycles. The number of ether oxygens (including phenoxy) is 2. The Morgan fingerprint density at radius 2 is 2.25 bits per heavy atom. The van der Waals surface area contributed by atoms with Crippen molar-refractivity contribution in [3.05, 3.63) is 24.0 Å². The summed E-state index contributed by atoms with van der Waals surface area (Å²) >= 11 is 6.00. The normalized spacial score (nSPS) is 14.9. The average molecular weight is 295 g/mol. The summed E-state index contributed by atoms with van der Waals surface area (Å²) in [4.78, 5) is 4.55.